The van der Waals surface area contributed by atoms with E-state index in [0.29, 0.717) is 6.42 Å². The van der Waals surface area contributed by atoms with Gasteiger partial charge in [-0.05, 0) is 12.8 Å². The van der Waals surface area contributed by atoms with Crippen molar-refractivity contribution in [1.82, 2.24) is 19.7 Å². The van der Waals surface area contributed by atoms with Crippen LogP contribution in [0.5, 0.6) is 0 Å². The van der Waals surface area contributed by atoms with Crippen LogP contribution in [-0.2, 0) is 16.1 Å². The first-order chi connectivity index (χ1) is 14.7. The molecule has 30 heavy (non-hydrogen) atoms. The molecule has 2 aromatic rings. The molecule has 0 N–H and O–H groups in total. The first-order valence-corrected chi connectivity index (χ1v) is 11.8. The van der Waals surface area contributed by atoms with E-state index >= 15 is 0 Å². The van der Waals surface area contributed by atoms with Crippen molar-refractivity contribution in [2.45, 2.75) is 38.6 Å². The minimum Gasteiger partial charge on any atom is -0.339 e. The van der Waals surface area contributed by atoms with Gasteiger partial charge >= 0.3 is 0 Å². The van der Waals surface area contributed by atoms with Crippen molar-refractivity contribution in [3.05, 3.63) is 41.4 Å². The second kappa shape index (κ2) is 10.2. The summed E-state index contributed by atoms with van der Waals surface area (Å²) in [6.07, 6.45) is 4.82. The minimum atomic E-state index is 0.0867. The molecule has 3 heterocycles. The minimum absolute atomic E-state index is 0.0867. The fraction of sp³-hybridized carbons (Fsp3) is 0.522. The van der Waals surface area contributed by atoms with Crippen molar-refractivity contribution < 1.29 is 9.59 Å². The Morgan fingerprint density at radius 2 is 1.73 bits per heavy atom. The Balaban J connectivity index is 1.25. The van der Waals surface area contributed by atoms with Crippen molar-refractivity contribution in [3.63, 3.8) is 0 Å². The van der Waals surface area contributed by atoms with Crippen LogP contribution >= 0.6 is 11.3 Å². The SMILES string of the molecule is O=C(CN1CCCCCCC1=O)N1CCN(Cc2csc(-c3ccccc3)n2)CC1. The summed E-state index contributed by atoms with van der Waals surface area (Å²) in [5.41, 5.74) is 2.24. The van der Waals surface area contributed by atoms with Crippen LogP contribution in [0.2, 0.25) is 0 Å². The molecular formula is C23H30N4O2S. The van der Waals surface area contributed by atoms with Crippen LogP contribution in [0.15, 0.2) is 35.7 Å². The third-order valence-corrected chi connectivity index (χ3v) is 6.87. The Morgan fingerprint density at radius 1 is 0.967 bits per heavy atom. The Kier molecular flexibility index (Phi) is 7.12. The van der Waals surface area contributed by atoms with E-state index in [0.717, 1.165) is 81.2 Å². The number of carbonyl (C=O) groups is 2. The lowest BCUT2D eigenvalue weighted by Gasteiger charge is -2.35. The predicted molar refractivity (Wildman–Crippen MR) is 119 cm³/mol. The van der Waals surface area contributed by atoms with E-state index in [1.807, 2.05) is 23.1 Å². The average Bonchev–Trinajstić information content (AvgIpc) is 3.23. The van der Waals surface area contributed by atoms with Crippen LogP contribution in [0.3, 0.4) is 0 Å². The fourth-order valence-corrected chi connectivity index (χ4v) is 4.94. The van der Waals surface area contributed by atoms with E-state index in [9.17, 15) is 9.59 Å². The maximum atomic E-state index is 12.7. The average molecular weight is 427 g/mol. The zero-order chi connectivity index (χ0) is 20.8. The lowest BCUT2D eigenvalue weighted by atomic mass is 10.1. The van der Waals surface area contributed by atoms with Crippen LogP contribution < -0.4 is 0 Å². The number of carbonyl (C=O) groups excluding carboxylic acids is 2. The van der Waals surface area contributed by atoms with Crippen LogP contribution in [-0.4, -0.2) is 70.8 Å². The second-order valence-corrected chi connectivity index (χ2v) is 9.00. The van der Waals surface area contributed by atoms with Gasteiger partial charge in [0.05, 0.1) is 12.2 Å². The van der Waals surface area contributed by atoms with Gasteiger partial charge < -0.3 is 9.80 Å². The number of hydrogen-bond acceptors (Lipinski definition) is 5. The summed E-state index contributed by atoms with van der Waals surface area (Å²) >= 11 is 1.68. The predicted octanol–water partition coefficient (Wildman–Crippen LogP) is 3.25. The third-order valence-electron chi connectivity index (χ3n) is 5.93. The number of hydrogen-bond donors (Lipinski definition) is 0. The number of likely N-dealkylation sites (tertiary alicyclic amines) is 1. The van der Waals surface area contributed by atoms with Crippen LogP contribution in [0.25, 0.3) is 10.6 Å². The van der Waals surface area contributed by atoms with Crippen molar-refractivity contribution in [1.29, 1.82) is 0 Å². The summed E-state index contributed by atoms with van der Waals surface area (Å²) in [4.78, 5) is 35.9. The number of aromatic nitrogens is 1. The highest BCUT2D eigenvalue weighted by Gasteiger charge is 2.25. The summed E-state index contributed by atoms with van der Waals surface area (Å²) in [6, 6.07) is 10.3. The molecule has 6 nitrogen and oxygen atoms in total. The summed E-state index contributed by atoms with van der Waals surface area (Å²) < 4.78 is 0. The normalized spacial score (nSPS) is 18.9. The van der Waals surface area contributed by atoms with Gasteiger partial charge in [0.25, 0.3) is 0 Å². The third kappa shape index (κ3) is 5.46. The summed E-state index contributed by atoms with van der Waals surface area (Å²) in [7, 11) is 0. The maximum absolute atomic E-state index is 12.7. The first-order valence-electron chi connectivity index (χ1n) is 11.0. The molecular weight excluding hydrogens is 396 g/mol. The Hall–Kier alpha value is -2.25. The lowest BCUT2D eigenvalue weighted by Crippen LogP contribution is -2.51. The summed E-state index contributed by atoms with van der Waals surface area (Å²) in [5.74, 6) is 0.225. The zero-order valence-corrected chi connectivity index (χ0v) is 18.3. The van der Waals surface area contributed by atoms with Gasteiger partial charge in [-0.15, -0.1) is 11.3 Å². The molecule has 2 aliphatic heterocycles. The zero-order valence-electron chi connectivity index (χ0n) is 17.5. The van der Waals surface area contributed by atoms with Crippen LogP contribution in [0.1, 0.15) is 37.8 Å². The number of rotatable bonds is 5. The first kappa shape index (κ1) is 21.0. The number of amides is 2. The Morgan fingerprint density at radius 3 is 2.53 bits per heavy atom. The monoisotopic (exact) mass is 426 g/mol. The molecule has 1 aromatic carbocycles. The number of benzene rings is 1. The smallest absolute Gasteiger partial charge is 0.242 e. The molecule has 0 aliphatic carbocycles. The van der Waals surface area contributed by atoms with Gasteiger partial charge in [0.2, 0.25) is 11.8 Å². The van der Waals surface area contributed by atoms with E-state index in [4.69, 9.17) is 4.98 Å². The molecule has 2 amide bonds. The quantitative estimate of drug-likeness (QED) is 0.737. The van der Waals surface area contributed by atoms with E-state index in [1.54, 1.807) is 16.2 Å². The maximum Gasteiger partial charge on any atom is 0.242 e. The molecule has 0 spiro atoms. The fourth-order valence-electron chi connectivity index (χ4n) is 4.12. The van der Waals surface area contributed by atoms with Gasteiger partial charge in [-0.3, -0.25) is 14.5 Å². The Bertz CT molecular complexity index is 846. The van der Waals surface area contributed by atoms with Crippen molar-refractivity contribution in [2.24, 2.45) is 0 Å². The molecule has 2 fully saturated rings. The molecule has 7 heteroatoms. The van der Waals surface area contributed by atoms with E-state index < -0.39 is 0 Å². The molecule has 1 aromatic heterocycles. The Labute approximate surface area is 182 Å². The second-order valence-electron chi connectivity index (χ2n) is 8.15. The van der Waals surface area contributed by atoms with E-state index in [-0.39, 0.29) is 18.4 Å². The van der Waals surface area contributed by atoms with E-state index in [1.165, 1.54) is 0 Å². The van der Waals surface area contributed by atoms with Crippen LogP contribution in [0, 0.1) is 0 Å². The molecule has 4 rings (SSSR count). The summed E-state index contributed by atoms with van der Waals surface area (Å²) in [5, 5.41) is 3.19. The van der Waals surface area contributed by atoms with Gasteiger partial charge in [0.1, 0.15) is 5.01 Å². The largest absolute Gasteiger partial charge is 0.339 e. The molecule has 0 atom stereocenters. The molecule has 0 bridgehead atoms. The van der Waals surface area contributed by atoms with Crippen molar-refractivity contribution in [2.75, 3.05) is 39.3 Å². The van der Waals surface area contributed by atoms with Crippen molar-refractivity contribution >= 4 is 23.2 Å². The highest BCUT2D eigenvalue weighted by atomic mass is 32.1. The summed E-state index contributed by atoms with van der Waals surface area (Å²) in [6.45, 7) is 4.91. The van der Waals surface area contributed by atoms with Gasteiger partial charge in [0.15, 0.2) is 0 Å². The number of piperazine rings is 1. The van der Waals surface area contributed by atoms with E-state index in [2.05, 4.69) is 22.4 Å². The standard InChI is InChI=1S/C23H30N4O2S/c28-21-10-6-1-2-7-11-27(21)17-22(29)26-14-12-25(13-15-26)16-20-18-30-23(24-20)19-8-4-3-5-9-19/h3-5,8-9,18H,1-2,6-7,10-17H2. The van der Waals surface area contributed by atoms with Crippen LogP contribution in [0.4, 0.5) is 0 Å². The van der Waals surface area contributed by atoms with Gasteiger partial charge in [-0.1, -0.05) is 43.2 Å². The lowest BCUT2D eigenvalue weighted by molar-refractivity contribution is -0.142. The topological polar surface area (TPSA) is 56.8 Å². The van der Waals surface area contributed by atoms with Gasteiger partial charge in [0, 0.05) is 56.6 Å². The molecule has 2 aliphatic rings. The molecule has 2 saturated heterocycles. The molecule has 0 radical (unpaired) electrons. The number of nitrogens with zero attached hydrogens (tertiary/aromatic N) is 4. The highest BCUT2D eigenvalue weighted by Crippen LogP contribution is 2.24. The highest BCUT2D eigenvalue weighted by molar-refractivity contribution is 7.13. The van der Waals surface area contributed by atoms with Crippen molar-refractivity contribution in [3.8, 4) is 10.6 Å². The molecule has 0 unspecified atom stereocenters. The number of thiazole rings is 1. The van der Waals surface area contributed by atoms with Gasteiger partial charge in [-0.2, -0.15) is 0 Å². The molecule has 0 saturated carbocycles. The van der Waals surface area contributed by atoms with Gasteiger partial charge in [-0.25, -0.2) is 4.98 Å². The molecule has 160 valence electrons.